The van der Waals surface area contributed by atoms with Crippen molar-refractivity contribution < 1.29 is 5.11 Å². The smallest absolute Gasteiger partial charge is 0.0914 e. The van der Waals surface area contributed by atoms with E-state index in [1.54, 1.807) is 0 Å². The molecule has 19 heavy (non-hydrogen) atoms. The standard InChI is InChI=1S/C17H27NO/c1-12(2)13-5-7-14(8-6-13)16(19)11-18-10-15-9-17(15,3)4/h5-8,12,15-16,18-19H,9-11H2,1-4H3. The Labute approximate surface area is 117 Å². The molecule has 0 aliphatic heterocycles. The SMILES string of the molecule is CC(C)c1ccc(C(O)CNCC2CC2(C)C)cc1. The van der Waals surface area contributed by atoms with Crippen molar-refractivity contribution in [1.29, 1.82) is 0 Å². The fraction of sp³-hybridized carbons (Fsp3) is 0.647. The molecule has 1 saturated carbocycles. The van der Waals surface area contributed by atoms with Crippen LogP contribution < -0.4 is 5.32 Å². The van der Waals surface area contributed by atoms with E-state index in [-0.39, 0.29) is 0 Å². The number of rotatable bonds is 6. The summed E-state index contributed by atoms with van der Waals surface area (Å²) in [6, 6.07) is 8.33. The van der Waals surface area contributed by atoms with Crippen LogP contribution in [0.4, 0.5) is 0 Å². The van der Waals surface area contributed by atoms with Gasteiger partial charge in [0.05, 0.1) is 6.10 Å². The van der Waals surface area contributed by atoms with Gasteiger partial charge in [0, 0.05) is 6.54 Å². The lowest BCUT2D eigenvalue weighted by Gasteiger charge is -2.14. The highest BCUT2D eigenvalue weighted by Gasteiger charge is 2.44. The first-order valence-corrected chi connectivity index (χ1v) is 7.39. The quantitative estimate of drug-likeness (QED) is 0.821. The normalized spacial score (nSPS) is 22.5. The second kappa shape index (κ2) is 5.64. The van der Waals surface area contributed by atoms with Crippen molar-refractivity contribution in [3.05, 3.63) is 35.4 Å². The second-order valence-electron chi connectivity index (χ2n) is 6.89. The Balaban J connectivity index is 1.78. The van der Waals surface area contributed by atoms with Crippen molar-refractivity contribution in [1.82, 2.24) is 5.32 Å². The first kappa shape index (κ1) is 14.5. The minimum atomic E-state index is -0.400. The van der Waals surface area contributed by atoms with Crippen LogP contribution in [0.25, 0.3) is 0 Å². The number of aliphatic hydroxyl groups is 1. The molecule has 1 aliphatic carbocycles. The summed E-state index contributed by atoms with van der Waals surface area (Å²) in [5.41, 5.74) is 2.84. The first-order chi connectivity index (χ1) is 8.90. The Bertz CT molecular complexity index is 408. The summed E-state index contributed by atoms with van der Waals surface area (Å²) in [6.07, 6.45) is 0.905. The van der Waals surface area contributed by atoms with Crippen molar-refractivity contribution >= 4 is 0 Å². The molecule has 0 aromatic heterocycles. The maximum Gasteiger partial charge on any atom is 0.0914 e. The summed E-state index contributed by atoms with van der Waals surface area (Å²) in [6.45, 7) is 10.7. The zero-order valence-electron chi connectivity index (χ0n) is 12.6. The Morgan fingerprint density at radius 1 is 1.21 bits per heavy atom. The molecular formula is C17H27NO. The second-order valence-corrected chi connectivity index (χ2v) is 6.89. The van der Waals surface area contributed by atoms with E-state index in [2.05, 4.69) is 45.1 Å². The van der Waals surface area contributed by atoms with Crippen LogP contribution in [-0.2, 0) is 0 Å². The lowest BCUT2D eigenvalue weighted by atomic mass is 10.00. The Morgan fingerprint density at radius 2 is 1.74 bits per heavy atom. The molecule has 0 bridgehead atoms. The van der Waals surface area contributed by atoms with Gasteiger partial charge in [0.15, 0.2) is 0 Å². The third-order valence-electron chi connectivity index (χ3n) is 4.43. The van der Waals surface area contributed by atoms with Crippen LogP contribution in [0.15, 0.2) is 24.3 Å². The number of hydrogen-bond acceptors (Lipinski definition) is 2. The van der Waals surface area contributed by atoms with Crippen molar-refractivity contribution in [3.8, 4) is 0 Å². The van der Waals surface area contributed by atoms with Gasteiger partial charge in [0.1, 0.15) is 0 Å². The molecule has 106 valence electrons. The zero-order valence-corrected chi connectivity index (χ0v) is 12.6. The van der Waals surface area contributed by atoms with Crippen molar-refractivity contribution in [3.63, 3.8) is 0 Å². The largest absolute Gasteiger partial charge is 0.387 e. The molecule has 1 fully saturated rings. The molecule has 2 nitrogen and oxygen atoms in total. The van der Waals surface area contributed by atoms with Crippen molar-refractivity contribution in [2.45, 2.75) is 46.1 Å². The van der Waals surface area contributed by atoms with Gasteiger partial charge in [-0.3, -0.25) is 0 Å². The van der Waals surface area contributed by atoms with Gasteiger partial charge in [-0.1, -0.05) is 52.0 Å². The third-order valence-corrected chi connectivity index (χ3v) is 4.43. The van der Waals surface area contributed by atoms with E-state index in [0.29, 0.717) is 17.9 Å². The molecule has 0 spiro atoms. The minimum absolute atomic E-state index is 0.400. The summed E-state index contributed by atoms with van der Waals surface area (Å²) in [4.78, 5) is 0. The maximum atomic E-state index is 10.2. The van der Waals surface area contributed by atoms with Crippen LogP contribution in [0.2, 0.25) is 0 Å². The molecule has 0 saturated heterocycles. The van der Waals surface area contributed by atoms with E-state index >= 15 is 0 Å². The lowest BCUT2D eigenvalue weighted by molar-refractivity contribution is 0.174. The third kappa shape index (κ3) is 3.80. The van der Waals surface area contributed by atoms with Gasteiger partial charge >= 0.3 is 0 Å². The Morgan fingerprint density at radius 3 is 2.21 bits per heavy atom. The van der Waals surface area contributed by atoms with E-state index in [9.17, 15) is 5.11 Å². The van der Waals surface area contributed by atoms with Crippen LogP contribution in [0.3, 0.4) is 0 Å². The number of nitrogens with one attached hydrogen (secondary N) is 1. The highest BCUT2D eigenvalue weighted by molar-refractivity contribution is 5.26. The molecular weight excluding hydrogens is 234 g/mol. The zero-order chi connectivity index (χ0) is 14.0. The highest BCUT2D eigenvalue weighted by atomic mass is 16.3. The summed E-state index contributed by atoms with van der Waals surface area (Å²) in [7, 11) is 0. The monoisotopic (exact) mass is 261 g/mol. The summed E-state index contributed by atoms with van der Waals surface area (Å²) in [5.74, 6) is 1.32. The van der Waals surface area contributed by atoms with Crippen LogP contribution >= 0.6 is 0 Å². The molecule has 2 N–H and O–H groups in total. The molecule has 1 aromatic carbocycles. The summed E-state index contributed by atoms with van der Waals surface area (Å²) >= 11 is 0. The van der Waals surface area contributed by atoms with E-state index < -0.39 is 6.10 Å². The number of aliphatic hydroxyl groups excluding tert-OH is 1. The van der Waals surface area contributed by atoms with Gasteiger partial charge in [0.2, 0.25) is 0 Å². The predicted octanol–water partition coefficient (Wildman–Crippen LogP) is 3.48. The average molecular weight is 261 g/mol. The molecule has 2 rings (SSSR count). The topological polar surface area (TPSA) is 32.3 Å². The molecule has 1 aliphatic rings. The fourth-order valence-electron chi connectivity index (χ4n) is 2.54. The van der Waals surface area contributed by atoms with E-state index in [1.807, 2.05) is 12.1 Å². The molecule has 0 heterocycles. The van der Waals surface area contributed by atoms with Gasteiger partial charge in [-0.25, -0.2) is 0 Å². The van der Waals surface area contributed by atoms with Crippen LogP contribution in [-0.4, -0.2) is 18.2 Å². The molecule has 2 atom stereocenters. The van der Waals surface area contributed by atoms with E-state index in [4.69, 9.17) is 0 Å². The average Bonchev–Trinajstić information content (AvgIpc) is 2.97. The van der Waals surface area contributed by atoms with E-state index in [0.717, 1.165) is 18.0 Å². The molecule has 1 aromatic rings. The highest BCUT2D eigenvalue weighted by Crippen LogP contribution is 2.50. The van der Waals surface area contributed by atoms with Gasteiger partial charge in [-0.15, -0.1) is 0 Å². The lowest BCUT2D eigenvalue weighted by Crippen LogP contribution is -2.24. The van der Waals surface area contributed by atoms with Crippen molar-refractivity contribution in [2.75, 3.05) is 13.1 Å². The van der Waals surface area contributed by atoms with Gasteiger partial charge in [0.25, 0.3) is 0 Å². The summed E-state index contributed by atoms with van der Waals surface area (Å²) < 4.78 is 0. The maximum absolute atomic E-state index is 10.2. The summed E-state index contributed by atoms with van der Waals surface area (Å²) in [5, 5.41) is 13.5. The predicted molar refractivity (Wildman–Crippen MR) is 80.2 cm³/mol. The van der Waals surface area contributed by atoms with Crippen LogP contribution in [0.5, 0.6) is 0 Å². The van der Waals surface area contributed by atoms with E-state index in [1.165, 1.54) is 12.0 Å². The van der Waals surface area contributed by atoms with Crippen molar-refractivity contribution in [2.24, 2.45) is 11.3 Å². The van der Waals surface area contributed by atoms with Crippen LogP contribution in [0, 0.1) is 11.3 Å². The molecule has 0 amide bonds. The first-order valence-electron chi connectivity index (χ1n) is 7.39. The fourth-order valence-corrected chi connectivity index (χ4v) is 2.54. The molecule has 0 radical (unpaired) electrons. The van der Waals surface area contributed by atoms with Crippen LogP contribution in [0.1, 0.15) is 57.3 Å². The number of hydrogen-bond donors (Lipinski definition) is 2. The Kier molecular flexibility index (Phi) is 4.32. The molecule has 2 heteroatoms. The molecule has 2 unspecified atom stereocenters. The van der Waals surface area contributed by atoms with Gasteiger partial charge in [-0.05, 0) is 41.3 Å². The Hall–Kier alpha value is -0.860. The van der Waals surface area contributed by atoms with Gasteiger partial charge in [-0.2, -0.15) is 0 Å². The minimum Gasteiger partial charge on any atom is -0.387 e. The number of benzene rings is 1. The van der Waals surface area contributed by atoms with Gasteiger partial charge < -0.3 is 10.4 Å².